The highest BCUT2D eigenvalue weighted by Gasteiger charge is 2.44. The SMILES string of the molecule is CC(=O)OC(CC(=O)Nc1cc(C(=O)O)cc([N+](=O)[O-])c1)(OC(C)=O)OC(C)=O. The molecule has 0 atom stereocenters. The second-order valence-corrected chi connectivity index (χ2v) is 5.52. The van der Waals surface area contributed by atoms with Crippen molar-refractivity contribution >= 4 is 41.2 Å². The number of carboxylic acids is 1. The third kappa shape index (κ3) is 7.24. The van der Waals surface area contributed by atoms with E-state index in [0.29, 0.717) is 0 Å². The number of non-ortho nitro benzene ring substituents is 1. The van der Waals surface area contributed by atoms with Crippen molar-refractivity contribution in [2.24, 2.45) is 0 Å². The van der Waals surface area contributed by atoms with Gasteiger partial charge in [0.05, 0.1) is 10.5 Å². The van der Waals surface area contributed by atoms with Crippen LogP contribution in [0.3, 0.4) is 0 Å². The van der Waals surface area contributed by atoms with Gasteiger partial charge in [0.25, 0.3) is 5.69 Å². The molecule has 1 rings (SSSR count). The van der Waals surface area contributed by atoms with E-state index < -0.39 is 58.4 Å². The summed E-state index contributed by atoms with van der Waals surface area (Å²) in [5.74, 6) is -8.44. The quantitative estimate of drug-likeness (QED) is 0.268. The van der Waals surface area contributed by atoms with Crippen molar-refractivity contribution in [1.29, 1.82) is 0 Å². The Labute approximate surface area is 162 Å². The topological polar surface area (TPSA) is 188 Å². The van der Waals surface area contributed by atoms with E-state index in [0.717, 1.165) is 39.0 Å². The van der Waals surface area contributed by atoms with Crippen molar-refractivity contribution in [2.75, 3.05) is 5.32 Å². The molecule has 0 aromatic heterocycles. The van der Waals surface area contributed by atoms with Crippen LogP contribution in [0.15, 0.2) is 18.2 Å². The maximum absolute atomic E-state index is 12.3. The summed E-state index contributed by atoms with van der Waals surface area (Å²) in [6.45, 7) is 2.71. The molecule has 29 heavy (non-hydrogen) atoms. The largest absolute Gasteiger partial charge is 0.478 e. The van der Waals surface area contributed by atoms with Crippen LogP contribution in [-0.4, -0.2) is 45.8 Å². The lowest BCUT2D eigenvalue weighted by molar-refractivity contribution is -0.384. The van der Waals surface area contributed by atoms with Crippen LogP contribution in [0, 0.1) is 10.1 Å². The van der Waals surface area contributed by atoms with Gasteiger partial charge >= 0.3 is 29.9 Å². The first-order valence-electron chi connectivity index (χ1n) is 7.75. The first-order valence-corrected chi connectivity index (χ1v) is 7.75. The number of amides is 1. The Morgan fingerprint density at radius 3 is 1.86 bits per heavy atom. The fourth-order valence-corrected chi connectivity index (χ4v) is 2.14. The molecular formula is C16H16N2O11. The molecule has 0 aliphatic carbocycles. The van der Waals surface area contributed by atoms with Crippen LogP contribution in [0.4, 0.5) is 11.4 Å². The smallest absolute Gasteiger partial charge is 0.432 e. The van der Waals surface area contributed by atoms with E-state index in [1.165, 1.54) is 0 Å². The molecule has 13 nitrogen and oxygen atoms in total. The van der Waals surface area contributed by atoms with Gasteiger partial charge in [-0.05, 0) is 6.07 Å². The van der Waals surface area contributed by atoms with Gasteiger partial charge in [0.15, 0.2) is 0 Å². The van der Waals surface area contributed by atoms with Gasteiger partial charge in [0, 0.05) is 38.6 Å². The molecule has 0 aliphatic rings. The van der Waals surface area contributed by atoms with Crippen molar-refractivity contribution in [3.05, 3.63) is 33.9 Å². The normalized spacial score (nSPS) is 10.4. The summed E-state index contributed by atoms with van der Waals surface area (Å²) in [7, 11) is 0. The molecule has 0 spiro atoms. The summed E-state index contributed by atoms with van der Waals surface area (Å²) in [5, 5.41) is 22.1. The molecule has 2 N–H and O–H groups in total. The number of esters is 3. The number of carboxylic acid groups (broad SMARTS) is 1. The average molecular weight is 412 g/mol. The van der Waals surface area contributed by atoms with Crippen molar-refractivity contribution in [2.45, 2.75) is 33.2 Å². The van der Waals surface area contributed by atoms with E-state index in [9.17, 15) is 34.1 Å². The van der Waals surface area contributed by atoms with Gasteiger partial charge in [-0.25, -0.2) is 4.79 Å². The standard InChI is InChI=1S/C16H16N2O11/c1-8(19)27-16(28-9(2)20,29-10(3)21)7-14(22)17-12-4-11(15(23)24)5-13(6-12)18(25)26/h4-6H,7H2,1-3H3,(H,17,22)(H,23,24). The summed E-state index contributed by atoms with van der Waals surface area (Å²) < 4.78 is 14.1. The van der Waals surface area contributed by atoms with E-state index in [2.05, 4.69) is 5.32 Å². The maximum Gasteiger partial charge on any atom is 0.432 e. The molecule has 156 valence electrons. The number of carbonyl (C=O) groups is 5. The number of hydrogen-bond donors (Lipinski definition) is 2. The molecule has 0 unspecified atom stereocenters. The number of hydrogen-bond acceptors (Lipinski definition) is 10. The molecule has 1 aromatic carbocycles. The zero-order valence-corrected chi connectivity index (χ0v) is 15.4. The summed E-state index contributed by atoms with van der Waals surface area (Å²) in [5.41, 5.74) is -1.39. The van der Waals surface area contributed by atoms with Crippen molar-refractivity contribution in [1.82, 2.24) is 0 Å². The summed E-state index contributed by atoms with van der Waals surface area (Å²) in [6, 6.07) is 2.58. The van der Waals surface area contributed by atoms with Crippen molar-refractivity contribution in [3.63, 3.8) is 0 Å². The third-order valence-corrected chi connectivity index (χ3v) is 2.93. The van der Waals surface area contributed by atoms with Crippen LogP contribution in [0.2, 0.25) is 0 Å². The molecule has 1 aromatic rings. The summed E-state index contributed by atoms with van der Waals surface area (Å²) >= 11 is 0. The monoisotopic (exact) mass is 412 g/mol. The molecular weight excluding hydrogens is 396 g/mol. The molecule has 0 bridgehead atoms. The molecule has 13 heteroatoms. The van der Waals surface area contributed by atoms with Crippen LogP contribution < -0.4 is 5.32 Å². The first-order chi connectivity index (χ1) is 13.3. The van der Waals surface area contributed by atoms with Gasteiger partial charge < -0.3 is 24.6 Å². The lowest BCUT2D eigenvalue weighted by Crippen LogP contribution is -2.46. The van der Waals surface area contributed by atoms with E-state index >= 15 is 0 Å². The number of aromatic carboxylic acids is 1. The predicted molar refractivity (Wildman–Crippen MR) is 91.3 cm³/mol. The van der Waals surface area contributed by atoms with Crippen LogP contribution in [0.5, 0.6) is 0 Å². The second-order valence-electron chi connectivity index (χ2n) is 5.52. The van der Waals surface area contributed by atoms with E-state index in [4.69, 9.17) is 19.3 Å². The second kappa shape index (κ2) is 9.25. The zero-order chi connectivity index (χ0) is 22.4. The Balaban J connectivity index is 3.21. The predicted octanol–water partition coefficient (Wildman–Crippen LogP) is 0.965. The Kier molecular flexibility index (Phi) is 7.34. The van der Waals surface area contributed by atoms with Crippen LogP contribution >= 0.6 is 0 Å². The van der Waals surface area contributed by atoms with Crippen LogP contribution in [0.1, 0.15) is 37.6 Å². The number of nitrogens with one attached hydrogen (secondary N) is 1. The van der Waals surface area contributed by atoms with Gasteiger partial charge in [0.1, 0.15) is 6.42 Å². The molecule has 0 saturated heterocycles. The van der Waals surface area contributed by atoms with E-state index in [1.807, 2.05) is 0 Å². The number of carbonyl (C=O) groups excluding carboxylic acids is 4. The van der Waals surface area contributed by atoms with Gasteiger partial charge in [-0.15, -0.1) is 0 Å². The lowest BCUT2D eigenvalue weighted by atomic mass is 10.1. The van der Waals surface area contributed by atoms with Gasteiger partial charge in [-0.3, -0.25) is 29.3 Å². The summed E-state index contributed by atoms with van der Waals surface area (Å²) in [6.07, 6.45) is -1.03. The number of benzene rings is 1. The lowest BCUT2D eigenvalue weighted by Gasteiger charge is -2.29. The molecule has 0 aliphatic heterocycles. The summed E-state index contributed by atoms with van der Waals surface area (Å²) in [4.78, 5) is 67.5. The highest BCUT2D eigenvalue weighted by atomic mass is 16.9. The molecule has 0 fully saturated rings. The molecule has 0 heterocycles. The minimum absolute atomic E-state index is 0.288. The Morgan fingerprint density at radius 1 is 1.00 bits per heavy atom. The number of nitro benzene ring substituents is 1. The molecule has 0 radical (unpaired) electrons. The maximum atomic E-state index is 12.3. The van der Waals surface area contributed by atoms with Crippen LogP contribution in [0.25, 0.3) is 0 Å². The average Bonchev–Trinajstić information content (AvgIpc) is 2.51. The highest BCUT2D eigenvalue weighted by Crippen LogP contribution is 2.25. The molecule has 0 saturated carbocycles. The fourth-order valence-electron chi connectivity index (χ4n) is 2.14. The fraction of sp³-hybridized carbons (Fsp3) is 0.312. The van der Waals surface area contributed by atoms with Crippen molar-refractivity contribution in [3.8, 4) is 0 Å². The van der Waals surface area contributed by atoms with Gasteiger partial charge in [-0.1, -0.05) is 0 Å². The number of anilines is 1. The Bertz CT molecular complexity index is 805. The molecule has 1 amide bonds. The minimum atomic E-state index is -2.72. The number of nitro groups is 1. The number of ether oxygens (including phenoxy) is 3. The van der Waals surface area contributed by atoms with E-state index in [-0.39, 0.29) is 5.69 Å². The minimum Gasteiger partial charge on any atom is -0.478 e. The zero-order valence-electron chi connectivity index (χ0n) is 15.4. The van der Waals surface area contributed by atoms with Crippen LogP contribution in [-0.2, 0) is 33.4 Å². The highest BCUT2D eigenvalue weighted by molar-refractivity contribution is 5.95. The van der Waals surface area contributed by atoms with Gasteiger partial charge in [-0.2, -0.15) is 0 Å². The van der Waals surface area contributed by atoms with E-state index in [1.54, 1.807) is 0 Å². The first kappa shape index (κ1) is 23.0. The number of rotatable bonds is 8. The Morgan fingerprint density at radius 2 is 1.48 bits per heavy atom. The number of nitrogens with zero attached hydrogens (tertiary/aromatic N) is 1. The third-order valence-electron chi connectivity index (χ3n) is 2.93. The van der Waals surface area contributed by atoms with Crippen molar-refractivity contribution < 1.29 is 48.2 Å². The Hall–Kier alpha value is -4.03. The van der Waals surface area contributed by atoms with Gasteiger partial charge in [0.2, 0.25) is 5.91 Å².